The molecule has 4 heteroatoms. The molecule has 0 fully saturated rings. The van der Waals surface area contributed by atoms with Gasteiger partial charge < -0.3 is 0 Å². The van der Waals surface area contributed by atoms with Crippen molar-refractivity contribution in [3.63, 3.8) is 0 Å². The second-order valence-corrected chi connectivity index (χ2v) is 7.26. The molecule has 0 aliphatic rings. The Balaban J connectivity index is 2.22. The Kier molecular flexibility index (Phi) is 9.68. The molecule has 0 unspecified atom stereocenters. The van der Waals surface area contributed by atoms with Gasteiger partial charge in [0.25, 0.3) is 0 Å². The molecule has 0 bridgehead atoms. The van der Waals surface area contributed by atoms with E-state index in [0.717, 1.165) is 42.2 Å². The fourth-order valence-electron chi connectivity index (χ4n) is 1.96. The third-order valence-electron chi connectivity index (χ3n) is 2.91. The molecule has 111 valence electrons. The standard InChI is InChI=1S/C12H16N.2C2H5O.Ti/c1-3-5-10-13-12-9-7-6-8-11(12)4-2;2*1-2-3;/h4,6-9,13H,1-3,5,10H2;2*2H2,1H3;/q;2*-1;+2. The van der Waals surface area contributed by atoms with Gasteiger partial charge in [-0.1, -0.05) is 0 Å². The molecule has 0 saturated heterocycles. The van der Waals surface area contributed by atoms with Crippen molar-refractivity contribution in [2.45, 2.75) is 31.4 Å². The average molecular weight is 312 g/mol. The van der Waals surface area contributed by atoms with Crippen LogP contribution < -0.4 is 5.32 Å². The third kappa shape index (κ3) is 6.71. The van der Waals surface area contributed by atoms with Gasteiger partial charge >= 0.3 is 130 Å². The van der Waals surface area contributed by atoms with Crippen LogP contribution in [0.4, 0.5) is 5.69 Å². The molecule has 0 heterocycles. The zero-order valence-electron chi connectivity index (χ0n) is 12.7. The van der Waals surface area contributed by atoms with Crippen molar-refractivity contribution in [3.05, 3.63) is 36.4 Å². The molecule has 1 aromatic carbocycles. The van der Waals surface area contributed by atoms with Gasteiger partial charge in [0, 0.05) is 0 Å². The van der Waals surface area contributed by atoms with Crippen LogP contribution in [0.25, 0.3) is 6.08 Å². The number of nitrogens with one attached hydrogen (secondary N) is 1. The zero-order valence-corrected chi connectivity index (χ0v) is 14.2. The van der Waals surface area contributed by atoms with Crippen LogP contribution in [0.1, 0.15) is 32.3 Å². The molecule has 20 heavy (non-hydrogen) atoms. The van der Waals surface area contributed by atoms with Crippen LogP contribution in [0, 0.1) is 0 Å². The Morgan fingerprint density at radius 3 is 2.50 bits per heavy atom. The van der Waals surface area contributed by atoms with E-state index in [4.69, 9.17) is 6.64 Å². The second-order valence-electron chi connectivity index (χ2n) is 4.41. The van der Waals surface area contributed by atoms with Gasteiger partial charge in [-0.2, -0.15) is 0 Å². The van der Waals surface area contributed by atoms with Crippen molar-refractivity contribution < 1.29 is 25.3 Å². The monoisotopic (exact) mass is 312 g/mol. The predicted molar refractivity (Wildman–Crippen MR) is 82.3 cm³/mol. The van der Waals surface area contributed by atoms with Crippen molar-refractivity contribution in [1.82, 2.24) is 0 Å². The fraction of sp³-hybridized carbons (Fsp3) is 0.500. The van der Waals surface area contributed by atoms with Gasteiger partial charge in [0.1, 0.15) is 0 Å². The summed E-state index contributed by atoms with van der Waals surface area (Å²) in [6.45, 7) is 10.5. The summed E-state index contributed by atoms with van der Waals surface area (Å²) in [5.41, 5.74) is 2.32. The number of hydrogen-bond donors (Lipinski definition) is 1. The Labute approximate surface area is 130 Å². The number of anilines is 1. The van der Waals surface area contributed by atoms with Crippen molar-refractivity contribution in [3.8, 4) is 0 Å². The molecule has 1 aromatic rings. The summed E-state index contributed by atoms with van der Waals surface area (Å²) in [6, 6.07) is 8.24. The van der Waals surface area contributed by atoms with E-state index in [-0.39, 0.29) is 0 Å². The molecule has 0 aromatic heterocycles. The van der Waals surface area contributed by atoms with E-state index in [1.54, 1.807) is 0 Å². The zero-order chi connectivity index (χ0) is 14.6. The Morgan fingerprint density at radius 2 is 1.85 bits per heavy atom. The van der Waals surface area contributed by atoms with E-state index < -0.39 is 18.6 Å². The van der Waals surface area contributed by atoms with E-state index in [9.17, 15) is 0 Å². The molecule has 3 nitrogen and oxygen atoms in total. The number of unbranched alkanes of at least 4 members (excludes halogenated alkanes) is 1. The quantitative estimate of drug-likeness (QED) is 0.483. The summed E-state index contributed by atoms with van der Waals surface area (Å²) < 4.78 is 12.5. The SMILES string of the molecule is C=Cc1ccccc1NCCC[CH2][Ti]([O]CC)[O]CC. The molecule has 1 rings (SSSR count). The van der Waals surface area contributed by atoms with E-state index in [2.05, 4.69) is 24.0 Å². The van der Waals surface area contributed by atoms with Crippen molar-refractivity contribution >= 4 is 11.8 Å². The molecule has 0 amide bonds. The minimum absolute atomic E-state index is 0.778. The third-order valence-corrected chi connectivity index (χ3v) is 6.01. The second kappa shape index (κ2) is 11.1. The van der Waals surface area contributed by atoms with E-state index in [0.29, 0.717) is 0 Å². The summed E-state index contributed by atoms with van der Waals surface area (Å²) in [6.07, 6.45) is 4.19. The molecule has 0 radical (unpaired) electrons. The van der Waals surface area contributed by atoms with Gasteiger partial charge in [-0.25, -0.2) is 0 Å². The van der Waals surface area contributed by atoms with Crippen LogP contribution in [0.5, 0.6) is 0 Å². The molecular weight excluding hydrogens is 286 g/mol. The van der Waals surface area contributed by atoms with Crippen molar-refractivity contribution in [2.75, 3.05) is 25.1 Å². The minimum atomic E-state index is -1.68. The van der Waals surface area contributed by atoms with Crippen LogP contribution in [0.3, 0.4) is 0 Å². The summed E-state index contributed by atoms with van der Waals surface area (Å²) in [5, 5.41) is 3.47. The summed E-state index contributed by atoms with van der Waals surface area (Å²) in [4.78, 5) is 0. The topological polar surface area (TPSA) is 30.5 Å². The van der Waals surface area contributed by atoms with Gasteiger partial charge in [-0.3, -0.25) is 0 Å². The van der Waals surface area contributed by atoms with Gasteiger partial charge in [0.15, 0.2) is 0 Å². The van der Waals surface area contributed by atoms with E-state index in [1.807, 2.05) is 32.1 Å². The Hall–Kier alpha value is -0.606. The van der Waals surface area contributed by atoms with Crippen LogP contribution in [0.2, 0.25) is 4.73 Å². The molecule has 1 N–H and O–H groups in total. The fourth-order valence-corrected chi connectivity index (χ4v) is 4.39. The van der Waals surface area contributed by atoms with Gasteiger partial charge in [0.2, 0.25) is 0 Å². The van der Waals surface area contributed by atoms with Crippen LogP contribution >= 0.6 is 0 Å². The Morgan fingerprint density at radius 1 is 1.15 bits per heavy atom. The predicted octanol–water partition coefficient (Wildman–Crippen LogP) is 4.46. The number of rotatable bonds is 11. The van der Waals surface area contributed by atoms with Crippen molar-refractivity contribution in [2.24, 2.45) is 0 Å². The first-order valence-corrected chi connectivity index (χ1v) is 9.76. The van der Waals surface area contributed by atoms with Gasteiger partial charge in [-0.05, 0) is 0 Å². The first-order chi connectivity index (χ1) is 9.81. The van der Waals surface area contributed by atoms with E-state index in [1.165, 1.54) is 6.42 Å². The molecule has 0 aliphatic carbocycles. The maximum absolute atomic E-state index is 5.69. The molecule has 0 aliphatic heterocycles. The Bertz CT molecular complexity index is 378. The average Bonchev–Trinajstić information content (AvgIpc) is 2.47. The first-order valence-electron chi connectivity index (χ1n) is 7.38. The van der Waals surface area contributed by atoms with Gasteiger partial charge in [0.05, 0.1) is 0 Å². The van der Waals surface area contributed by atoms with Crippen LogP contribution in [0.15, 0.2) is 30.8 Å². The molecule has 0 saturated carbocycles. The molecule has 0 atom stereocenters. The summed E-state index contributed by atoms with van der Waals surface area (Å²) in [7, 11) is 0. The molecular formula is C16H26NO2Ti. The first kappa shape index (κ1) is 17.4. The molecule has 0 spiro atoms. The summed E-state index contributed by atoms with van der Waals surface area (Å²) in [5.74, 6) is 0. The van der Waals surface area contributed by atoms with Gasteiger partial charge in [-0.15, -0.1) is 0 Å². The van der Waals surface area contributed by atoms with E-state index >= 15 is 0 Å². The summed E-state index contributed by atoms with van der Waals surface area (Å²) >= 11 is -1.68. The normalized spacial score (nSPS) is 10.3. The van der Waals surface area contributed by atoms with Crippen LogP contribution in [-0.2, 0) is 25.3 Å². The van der Waals surface area contributed by atoms with Crippen molar-refractivity contribution in [1.29, 1.82) is 0 Å². The number of hydrogen-bond acceptors (Lipinski definition) is 3. The number of benzene rings is 1. The number of para-hydroxylation sites is 1. The maximum atomic E-state index is 5.69. The van der Waals surface area contributed by atoms with Crippen LogP contribution in [-0.4, -0.2) is 19.8 Å².